The highest BCUT2D eigenvalue weighted by Crippen LogP contribution is 2.50. The first-order chi connectivity index (χ1) is 62.5. The lowest BCUT2D eigenvalue weighted by Gasteiger charge is -2.11. The molecule has 0 amide bonds. The second-order valence-corrected chi connectivity index (χ2v) is 35.4. The zero-order valence-corrected chi connectivity index (χ0v) is 69.8. The number of fused-ring (bicyclic) bond motifs is 30. The number of hydrogen-bond acceptors (Lipinski definition) is 3. The summed E-state index contributed by atoms with van der Waals surface area (Å²) in [5.74, 6) is 0. The van der Waals surface area contributed by atoms with E-state index >= 15 is 0 Å². The van der Waals surface area contributed by atoms with Gasteiger partial charge in [-0.1, -0.05) is 315 Å². The van der Waals surface area contributed by atoms with Crippen molar-refractivity contribution < 1.29 is 4.42 Å². The van der Waals surface area contributed by atoms with Crippen molar-refractivity contribution in [2.75, 3.05) is 0 Å². The van der Waals surface area contributed by atoms with Crippen molar-refractivity contribution in [3.8, 4) is 61.6 Å². The molecule has 0 saturated carbocycles. The molecule has 126 heavy (non-hydrogen) atoms. The molecule has 6 aromatic heterocycles. The summed E-state index contributed by atoms with van der Waals surface area (Å²) < 4.78 is 19.1. The number of furan rings is 1. The summed E-state index contributed by atoms with van der Waals surface area (Å²) in [5, 5.41) is 30.7. The Kier molecular flexibility index (Phi) is 16.4. The lowest BCUT2D eigenvalue weighted by atomic mass is 9.97. The molecule has 0 saturated heterocycles. The third kappa shape index (κ3) is 11.5. The Bertz CT molecular complexity index is 8980. The van der Waals surface area contributed by atoms with E-state index in [1.807, 2.05) is 22.7 Å². The smallest absolute Gasteiger partial charge is 0.137 e. The number of hydrogen-bond donors (Lipinski definition) is 0. The van der Waals surface area contributed by atoms with Gasteiger partial charge < -0.3 is 18.1 Å². The standard InChI is InChI=1S/C44H27NS.C38H23NO.C38H23NS/c1-3-10-28(11-4-1)31-15-9-16-34(25-31)45-39-22-19-33-24-32(29-12-5-2-6-13-29)18-21-36(33)43(39)37-26-38-42(27-40(37)45)46-41-23-20-30-14-7-8-17-35(30)44(38)41;2*1-3-9-24(10-4-1)26-15-18-30-27(21-26)16-19-33-37(30)31-22-32-36(23-34(31)39(33)28-12-5-2-6-13-28)40-35-20-17-25-11-7-8-14-29(25)38(32)35/h1-27H;2*1-23H. The Morgan fingerprint density at radius 1 is 0.151 bits per heavy atom. The molecule has 4 nitrogen and oxygen atoms in total. The molecule has 22 aromatic carbocycles. The van der Waals surface area contributed by atoms with Gasteiger partial charge in [0.2, 0.25) is 0 Å². The summed E-state index contributed by atoms with van der Waals surface area (Å²) in [5.41, 5.74) is 22.5. The molecule has 6 heteroatoms. The molecule has 28 rings (SSSR count). The molecular formula is C120H73N3OS2. The van der Waals surface area contributed by atoms with E-state index in [9.17, 15) is 0 Å². The van der Waals surface area contributed by atoms with Crippen LogP contribution in [0.4, 0.5) is 0 Å². The van der Waals surface area contributed by atoms with Crippen LogP contribution in [0.25, 0.3) is 254 Å². The first kappa shape index (κ1) is 71.7. The Morgan fingerprint density at radius 2 is 0.468 bits per heavy atom. The Morgan fingerprint density at radius 3 is 0.889 bits per heavy atom. The van der Waals surface area contributed by atoms with Gasteiger partial charge in [-0.05, 0) is 230 Å². The minimum absolute atomic E-state index is 0.912. The Hall–Kier alpha value is -16.0. The maximum atomic E-state index is 6.49. The van der Waals surface area contributed by atoms with Gasteiger partial charge in [-0.15, -0.1) is 22.7 Å². The van der Waals surface area contributed by atoms with Gasteiger partial charge in [-0.25, -0.2) is 0 Å². The summed E-state index contributed by atoms with van der Waals surface area (Å²) >= 11 is 3.79. The highest BCUT2D eigenvalue weighted by atomic mass is 32.1. The monoisotopic (exact) mass is 1640 g/mol. The third-order valence-corrected chi connectivity index (χ3v) is 28.5. The lowest BCUT2D eigenvalue weighted by molar-refractivity contribution is 0.669. The number of aromatic nitrogens is 3. The zero-order chi connectivity index (χ0) is 82.6. The quantitative estimate of drug-likeness (QED) is 0.156. The van der Waals surface area contributed by atoms with Gasteiger partial charge in [0.15, 0.2) is 0 Å². The first-order valence-electron chi connectivity index (χ1n) is 43.1. The Labute approximate surface area is 732 Å². The van der Waals surface area contributed by atoms with Crippen LogP contribution in [0.2, 0.25) is 0 Å². The van der Waals surface area contributed by atoms with Crippen molar-refractivity contribution in [2.45, 2.75) is 0 Å². The predicted octanol–water partition coefficient (Wildman–Crippen LogP) is 34.6. The van der Waals surface area contributed by atoms with Gasteiger partial charge in [-0.3, -0.25) is 0 Å². The number of para-hydroxylation sites is 2. The van der Waals surface area contributed by atoms with Crippen molar-refractivity contribution in [1.82, 2.24) is 13.7 Å². The van der Waals surface area contributed by atoms with Gasteiger partial charge in [0.1, 0.15) is 11.2 Å². The highest BCUT2D eigenvalue weighted by molar-refractivity contribution is 7.26. The van der Waals surface area contributed by atoms with E-state index in [1.165, 1.54) is 226 Å². The van der Waals surface area contributed by atoms with Gasteiger partial charge in [-0.2, -0.15) is 0 Å². The predicted molar refractivity (Wildman–Crippen MR) is 542 cm³/mol. The van der Waals surface area contributed by atoms with Crippen LogP contribution >= 0.6 is 22.7 Å². The second kappa shape index (κ2) is 28.9. The minimum Gasteiger partial charge on any atom is -0.456 e. The van der Waals surface area contributed by atoms with Gasteiger partial charge in [0.05, 0.1) is 33.1 Å². The molecule has 0 aliphatic carbocycles. The molecule has 0 aliphatic heterocycles. The first-order valence-corrected chi connectivity index (χ1v) is 44.8. The summed E-state index contributed by atoms with van der Waals surface area (Å²) in [6.07, 6.45) is 0. The van der Waals surface area contributed by atoms with Crippen LogP contribution in [0.3, 0.4) is 0 Å². The fourth-order valence-electron chi connectivity index (χ4n) is 20.5. The molecular weight excluding hydrogens is 1560 g/mol. The number of thiophene rings is 2. The van der Waals surface area contributed by atoms with E-state index in [4.69, 9.17) is 4.42 Å². The molecule has 0 bridgehead atoms. The molecule has 0 spiro atoms. The van der Waals surface area contributed by atoms with E-state index in [0.717, 1.165) is 27.8 Å². The molecule has 0 unspecified atom stereocenters. The highest BCUT2D eigenvalue weighted by Gasteiger charge is 2.25. The van der Waals surface area contributed by atoms with Crippen LogP contribution in [-0.2, 0) is 0 Å². The van der Waals surface area contributed by atoms with Crippen LogP contribution in [0, 0.1) is 0 Å². The summed E-state index contributed by atoms with van der Waals surface area (Å²) in [6, 6.07) is 161. The minimum atomic E-state index is 0.912. The fourth-order valence-corrected chi connectivity index (χ4v) is 22.8. The molecule has 0 N–H and O–H groups in total. The van der Waals surface area contributed by atoms with Crippen LogP contribution < -0.4 is 0 Å². The topological polar surface area (TPSA) is 27.9 Å². The van der Waals surface area contributed by atoms with E-state index in [2.05, 4.69) is 457 Å². The van der Waals surface area contributed by atoms with Crippen LogP contribution in [0.1, 0.15) is 0 Å². The molecule has 0 aliphatic rings. The largest absolute Gasteiger partial charge is 0.456 e. The van der Waals surface area contributed by atoms with Gasteiger partial charge in [0, 0.05) is 107 Å². The summed E-state index contributed by atoms with van der Waals surface area (Å²) in [4.78, 5) is 0. The zero-order valence-electron chi connectivity index (χ0n) is 68.2. The van der Waals surface area contributed by atoms with Gasteiger partial charge >= 0.3 is 0 Å². The number of rotatable bonds is 7. The van der Waals surface area contributed by atoms with Crippen LogP contribution in [0.15, 0.2) is 447 Å². The summed E-state index contributed by atoms with van der Waals surface area (Å²) in [6.45, 7) is 0. The maximum Gasteiger partial charge on any atom is 0.137 e. The molecule has 6 heterocycles. The lowest BCUT2D eigenvalue weighted by Crippen LogP contribution is -1.94. The van der Waals surface area contributed by atoms with Crippen molar-refractivity contribution in [1.29, 1.82) is 0 Å². The fraction of sp³-hybridized carbons (Fsp3) is 0. The summed E-state index contributed by atoms with van der Waals surface area (Å²) in [7, 11) is 0. The van der Waals surface area contributed by atoms with Crippen molar-refractivity contribution in [2.24, 2.45) is 0 Å². The van der Waals surface area contributed by atoms with E-state index in [0.29, 0.717) is 0 Å². The third-order valence-electron chi connectivity index (χ3n) is 26.2. The van der Waals surface area contributed by atoms with Crippen LogP contribution in [-0.4, -0.2) is 13.7 Å². The maximum absolute atomic E-state index is 6.49. The van der Waals surface area contributed by atoms with E-state index in [1.54, 1.807) is 0 Å². The SMILES string of the molecule is c1ccc(-c2ccc3c(ccc4c3c3cc5c(cc3n4-c3ccccc3)oc3ccc4ccccc4c35)c2)cc1.c1ccc(-c2ccc3c(ccc4c3c3cc5c(cc3n4-c3ccccc3)sc3ccc4ccccc4c35)c2)cc1.c1ccc(-c2cccc(-n3c4cc5sc6ccc7ccccc7c6c5cc4c4c5ccc(-c6ccccc6)cc5ccc43)c2)cc1. The van der Waals surface area contributed by atoms with Crippen LogP contribution in [0.5, 0.6) is 0 Å². The number of nitrogens with zero attached hydrogens (tertiary/aromatic N) is 3. The van der Waals surface area contributed by atoms with E-state index < -0.39 is 0 Å². The molecule has 0 atom stereocenters. The average Bonchev–Trinajstić information content (AvgIpc) is 1.56. The van der Waals surface area contributed by atoms with Gasteiger partial charge in [0.25, 0.3) is 0 Å². The molecule has 586 valence electrons. The number of benzene rings is 22. The van der Waals surface area contributed by atoms with Crippen molar-refractivity contribution >= 4 is 215 Å². The second-order valence-electron chi connectivity index (χ2n) is 33.3. The molecule has 28 aromatic rings. The molecule has 0 fully saturated rings. The molecule has 0 radical (unpaired) electrons. The average molecular weight is 1640 g/mol. The Balaban J connectivity index is 0.000000101. The van der Waals surface area contributed by atoms with Crippen molar-refractivity contribution in [3.63, 3.8) is 0 Å². The van der Waals surface area contributed by atoms with E-state index in [-0.39, 0.29) is 0 Å². The van der Waals surface area contributed by atoms with Crippen molar-refractivity contribution in [3.05, 3.63) is 443 Å². The normalized spacial score (nSPS) is 12.0.